The number of guanidine groups is 1. The number of aliphatic imine (C=N–C) groups is 1. The van der Waals surface area contributed by atoms with Crippen molar-refractivity contribution in [2.75, 3.05) is 11.9 Å². The zero-order chi connectivity index (χ0) is 20.5. The lowest BCUT2D eigenvalue weighted by Crippen LogP contribution is -2.50. The molecule has 0 radical (unpaired) electrons. The third-order valence-electron chi connectivity index (χ3n) is 5.96. The molecule has 7 nitrogen and oxygen atoms in total. The minimum absolute atomic E-state index is 0.0325. The molecule has 0 bridgehead atoms. The number of fused-ring (bicyclic) bond motifs is 2. The van der Waals surface area contributed by atoms with E-state index in [9.17, 15) is 4.79 Å². The quantitative estimate of drug-likeness (QED) is 0.583. The molecule has 2 aromatic heterocycles. The minimum atomic E-state index is -0.140. The van der Waals surface area contributed by atoms with Gasteiger partial charge in [0.25, 0.3) is 5.56 Å². The number of benzene rings is 1. The molecular formula is C23H26N6O. The number of hydrogen-bond donors (Lipinski definition) is 3. The molecule has 1 aromatic carbocycles. The van der Waals surface area contributed by atoms with Gasteiger partial charge in [-0.2, -0.15) is 0 Å². The van der Waals surface area contributed by atoms with Gasteiger partial charge in [0.1, 0.15) is 6.17 Å². The van der Waals surface area contributed by atoms with E-state index in [0.717, 1.165) is 31.2 Å². The number of allylic oxidation sites excluding steroid dienone is 2. The Morgan fingerprint density at radius 2 is 2.17 bits per heavy atom. The predicted molar refractivity (Wildman–Crippen MR) is 120 cm³/mol. The van der Waals surface area contributed by atoms with Gasteiger partial charge in [-0.25, -0.2) is 4.98 Å². The number of anilines is 1. The highest BCUT2D eigenvalue weighted by Crippen LogP contribution is 2.30. The van der Waals surface area contributed by atoms with Crippen LogP contribution in [0.1, 0.15) is 36.7 Å². The molecule has 1 aliphatic carbocycles. The largest absolute Gasteiger partial charge is 0.361 e. The van der Waals surface area contributed by atoms with E-state index in [2.05, 4.69) is 57.1 Å². The molecule has 0 spiro atoms. The third kappa shape index (κ3) is 3.51. The van der Waals surface area contributed by atoms with Gasteiger partial charge in [0, 0.05) is 41.3 Å². The lowest BCUT2D eigenvalue weighted by Gasteiger charge is -2.36. The Labute approximate surface area is 174 Å². The second kappa shape index (κ2) is 7.82. The van der Waals surface area contributed by atoms with Crippen molar-refractivity contribution in [1.29, 1.82) is 0 Å². The Kier molecular flexibility index (Phi) is 4.86. The average molecular weight is 403 g/mol. The summed E-state index contributed by atoms with van der Waals surface area (Å²) in [6.07, 6.45) is 10.2. The van der Waals surface area contributed by atoms with Gasteiger partial charge in [-0.15, -0.1) is 0 Å². The summed E-state index contributed by atoms with van der Waals surface area (Å²) in [5, 5.41) is 7.95. The van der Waals surface area contributed by atoms with E-state index in [-0.39, 0.29) is 11.7 Å². The number of hydrogen-bond acceptors (Lipinski definition) is 3. The maximum atomic E-state index is 12.7. The summed E-state index contributed by atoms with van der Waals surface area (Å²) in [6, 6.07) is 9.90. The summed E-state index contributed by atoms with van der Waals surface area (Å²) in [6.45, 7) is 2.49. The molecular weight excluding hydrogens is 376 g/mol. The lowest BCUT2D eigenvalue weighted by molar-refractivity contribution is 0.276. The SMILES string of the molecule is Cc1cc(=O)n2c(n1)NC(=NCCc1c[nH]c3ccccc13)NC2C1CC=CCC1. The van der Waals surface area contributed by atoms with Crippen LogP contribution in [0.5, 0.6) is 0 Å². The zero-order valence-electron chi connectivity index (χ0n) is 17.1. The molecule has 7 heteroatoms. The van der Waals surface area contributed by atoms with Gasteiger partial charge in [0.2, 0.25) is 5.95 Å². The van der Waals surface area contributed by atoms with Crippen LogP contribution in [0.2, 0.25) is 0 Å². The zero-order valence-corrected chi connectivity index (χ0v) is 17.1. The smallest absolute Gasteiger partial charge is 0.256 e. The fraction of sp³-hybridized carbons (Fsp3) is 0.348. The molecule has 30 heavy (non-hydrogen) atoms. The lowest BCUT2D eigenvalue weighted by atomic mass is 9.91. The van der Waals surface area contributed by atoms with Crippen molar-refractivity contribution in [3.8, 4) is 0 Å². The molecule has 0 fully saturated rings. The van der Waals surface area contributed by atoms with E-state index >= 15 is 0 Å². The molecule has 2 unspecified atom stereocenters. The molecule has 0 amide bonds. The van der Waals surface area contributed by atoms with Crippen molar-refractivity contribution in [3.05, 3.63) is 70.3 Å². The van der Waals surface area contributed by atoms with E-state index in [1.807, 2.05) is 13.0 Å². The first-order valence-corrected chi connectivity index (χ1v) is 10.6. The fourth-order valence-corrected chi connectivity index (χ4v) is 4.45. The van der Waals surface area contributed by atoms with Crippen LogP contribution >= 0.6 is 0 Å². The number of aromatic nitrogens is 3. The van der Waals surface area contributed by atoms with E-state index in [1.54, 1.807) is 10.6 Å². The molecule has 0 saturated carbocycles. The normalized spacial score (nSPS) is 22.0. The topological polar surface area (TPSA) is 87.1 Å². The van der Waals surface area contributed by atoms with Gasteiger partial charge in [-0.1, -0.05) is 30.4 Å². The molecule has 1 aliphatic heterocycles. The number of aryl methyl sites for hydroxylation is 1. The number of para-hydroxylation sites is 1. The molecule has 3 aromatic rings. The molecule has 2 atom stereocenters. The summed E-state index contributed by atoms with van der Waals surface area (Å²) < 4.78 is 1.75. The van der Waals surface area contributed by atoms with Crippen LogP contribution in [0.15, 0.2) is 58.5 Å². The van der Waals surface area contributed by atoms with Crippen LogP contribution in [-0.2, 0) is 6.42 Å². The first-order valence-electron chi connectivity index (χ1n) is 10.6. The van der Waals surface area contributed by atoms with Gasteiger partial charge in [-0.05, 0) is 44.2 Å². The summed E-state index contributed by atoms with van der Waals surface area (Å²) in [7, 11) is 0. The van der Waals surface area contributed by atoms with Crippen molar-refractivity contribution < 1.29 is 0 Å². The third-order valence-corrected chi connectivity index (χ3v) is 5.96. The van der Waals surface area contributed by atoms with E-state index in [0.29, 0.717) is 30.1 Å². The standard InChI is InChI=1S/C23H26N6O/c1-15-13-20(30)29-21(16-7-3-2-4-8-16)27-22(28-23(29)26-15)24-12-11-17-14-25-19-10-6-5-9-18(17)19/h2-3,5-6,9-10,13-14,16,21,25H,4,7-8,11-12H2,1H3,(H2,24,26,27,28). The Morgan fingerprint density at radius 3 is 3.03 bits per heavy atom. The summed E-state index contributed by atoms with van der Waals surface area (Å²) in [5.41, 5.74) is 3.08. The molecule has 154 valence electrons. The number of H-pyrrole nitrogens is 1. The number of nitrogens with one attached hydrogen (secondary N) is 3. The van der Waals surface area contributed by atoms with Crippen molar-refractivity contribution in [1.82, 2.24) is 19.9 Å². The van der Waals surface area contributed by atoms with Crippen LogP contribution in [0.25, 0.3) is 10.9 Å². The van der Waals surface area contributed by atoms with Crippen LogP contribution in [0.4, 0.5) is 5.95 Å². The molecule has 0 saturated heterocycles. The van der Waals surface area contributed by atoms with E-state index in [1.165, 1.54) is 10.9 Å². The maximum Gasteiger partial charge on any atom is 0.256 e. The van der Waals surface area contributed by atoms with E-state index < -0.39 is 0 Å². The van der Waals surface area contributed by atoms with Gasteiger partial charge in [-0.3, -0.25) is 19.7 Å². The number of aromatic amines is 1. The van der Waals surface area contributed by atoms with Crippen LogP contribution in [0.3, 0.4) is 0 Å². The summed E-state index contributed by atoms with van der Waals surface area (Å²) in [4.78, 5) is 25.4. The van der Waals surface area contributed by atoms with Crippen LogP contribution in [0, 0.1) is 12.8 Å². The van der Waals surface area contributed by atoms with Crippen LogP contribution < -0.4 is 16.2 Å². The second-order valence-electron chi connectivity index (χ2n) is 8.03. The highest BCUT2D eigenvalue weighted by Gasteiger charge is 2.31. The van der Waals surface area contributed by atoms with Gasteiger partial charge >= 0.3 is 0 Å². The van der Waals surface area contributed by atoms with Gasteiger partial charge < -0.3 is 10.3 Å². The molecule has 2 aliphatic rings. The average Bonchev–Trinajstić information content (AvgIpc) is 3.17. The van der Waals surface area contributed by atoms with Crippen molar-refractivity contribution in [2.24, 2.45) is 10.9 Å². The fourth-order valence-electron chi connectivity index (χ4n) is 4.45. The maximum absolute atomic E-state index is 12.7. The number of rotatable bonds is 4. The Morgan fingerprint density at radius 1 is 1.27 bits per heavy atom. The monoisotopic (exact) mass is 402 g/mol. The molecule has 3 heterocycles. The van der Waals surface area contributed by atoms with Gasteiger partial charge in [0.05, 0.1) is 0 Å². The minimum Gasteiger partial charge on any atom is -0.361 e. The predicted octanol–water partition coefficient (Wildman–Crippen LogP) is 3.50. The first kappa shape index (κ1) is 18.7. The molecule has 5 rings (SSSR count). The highest BCUT2D eigenvalue weighted by atomic mass is 16.1. The van der Waals surface area contributed by atoms with Gasteiger partial charge in [0.15, 0.2) is 5.96 Å². The van der Waals surface area contributed by atoms with Crippen LogP contribution in [-0.4, -0.2) is 27.0 Å². The van der Waals surface area contributed by atoms with E-state index in [4.69, 9.17) is 4.99 Å². The molecule has 3 N–H and O–H groups in total. The second-order valence-corrected chi connectivity index (χ2v) is 8.03. The van der Waals surface area contributed by atoms with Crippen molar-refractivity contribution in [2.45, 2.75) is 38.8 Å². The summed E-state index contributed by atoms with van der Waals surface area (Å²) >= 11 is 0. The summed E-state index contributed by atoms with van der Waals surface area (Å²) in [5.74, 6) is 1.59. The van der Waals surface area contributed by atoms with Crippen molar-refractivity contribution >= 4 is 22.8 Å². The highest BCUT2D eigenvalue weighted by molar-refractivity contribution is 5.93. The Balaban J connectivity index is 1.40. The first-order chi connectivity index (χ1) is 14.7. The van der Waals surface area contributed by atoms with Crippen molar-refractivity contribution in [3.63, 3.8) is 0 Å². The number of nitrogens with zero attached hydrogens (tertiary/aromatic N) is 3. The Bertz CT molecular complexity index is 1190. The Hall–Kier alpha value is -3.35.